The number of hydrogen-bond acceptors (Lipinski definition) is 3. The molecule has 0 radical (unpaired) electrons. The molecule has 2 rings (SSSR count). The third-order valence-corrected chi connectivity index (χ3v) is 3.90. The van der Waals surface area contributed by atoms with Gasteiger partial charge in [-0.15, -0.1) is 0 Å². The minimum absolute atomic E-state index is 0.0832. The number of carbonyl (C=O) groups is 2. The van der Waals surface area contributed by atoms with Crippen LogP contribution >= 0.6 is 0 Å². The number of halogens is 2. The summed E-state index contributed by atoms with van der Waals surface area (Å²) in [6, 6.07) is 14.0. The largest absolute Gasteiger partial charge is 0.481 e. The number of carboxylic acid groups (broad SMARTS) is 1. The lowest BCUT2D eigenvalue weighted by Crippen LogP contribution is -2.36. The molecule has 0 heterocycles. The number of ether oxygens (including phenoxy) is 1. The van der Waals surface area contributed by atoms with Gasteiger partial charge >= 0.3 is 12.6 Å². The minimum Gasteiger partial charge on any atom is -0.481 e. The monoisotopic (exact) mass is 363 g/mol. The molecule has 0 saturated carbocycles. The topological polar surface area (TPSA) is 75.6 Å². The SMILES string of the molecule is CC(C(=O)O)C(NC(=O)Cc1ccccc1OC(F)F)c1ccccc1. The summed E-state index contributed by atoms with van der Waals surface area (Å²) < 4.78 is 29.4. The molecule has 2 unspecified atom stereocenters. The Morgan fingerprint density at radius 1 is 1.08 bits per heavy atom. The van der Waals surface area contributed by atoms with E-state index in [2.05, 4.69) is 10.1 Å². The molecule has 1 amide bonds. The fourth-order valence-corrected chi connectivity index (χ4v) is 2.56. The van der Waals surface area contributed by atoms with Gasteiger partial charge in [-0.3, -0.25) is 9.59 Å². The van der Waals surface area contributed by atoms with Crippen LogP contribution in [-0.4, -0.2) is 23.6 Å². The zero-order valence-corrected chi connectivity index (χ0v) is 14.1. The Hall–Kier alpha value is -2.96. The quantitative estimate of drug-likeness (QED) is 0.754. The van der Waals surface area contributed by atoms with Crippen molar-refractivity contribution in [2.75, 3.05) is 0 Å². The van der Waals surface area contributed by atoms with Crippen LogP contribution in [0.25, 0.3) is 0 Å². The zero-order chi connectivity index (χ0) is 19.1. The second kappa shape index (κ2) is 8.94. The summed E-state index contributed by atoms with van der Waals surface area (Å²) >= 11 is 0. The first-order valence-corrected chi connectivity index (χ1v) is 7.98. The highest BCUT2D eigenvalue weighted by Gasteiger charge is 2.27. The number of amides is 1. The molecule has 7 heteroatoms. The van der Waals surface area contributed by atoms with E-state index in [9.17, 15) is 23.5 Å². The molecule has 2 N–H and O–H groups in total. The van der Waals surface area contributed by atoms with E-state index in [1.54, 1.807) is 36.4 Å². The Bertz CT molecular complexity index is 752. The van der Waals surface area contributed by atoms with E-state index >= 15 is 0 Å². The average Bonchev–Trinajstić information content (AvgIpc) is 2.61. The number of carboxylic acids is 1. The van der Waals surface area contributed by atoms with Crippen molar-refractivity contribution in [2.24, 2.45) is 5.92 Å². The van der Waals surface area contributed by atoms with Gasteiger partial charge in [0, 0.05) is 5.56 Å². The summed E-state index contributed by atoms with van der Waals surface area (Å²) in [4.78, 5) is 23.8. The van der Waals surface area contributed by atoms with Gasteiger partial charge in [-0.05, 0) is 18.6 Å². The van der Waals surface area contributed by atoms with Crippen LogP contribution in [0.1, 0.15) is 24.1 Å². The second-order valence-corrected chi connectivity index (χ2v) is 5.75. The van der Waals surface area contributed by atoms with Gasteiger partial charge in [0.2, 0.25) is 5.91 Å². The molecule has 0 aliphatic carbocycles. The van der Waals surface area contributed by atoms with E-state index in [0.717, 1.165) is 0 Å². The summed E-state index contributed by atoms with van der Waals surface area (Å²) in [7, 11) is 0. The first-order valence-electron chi connectivity index (χ1n) is 7.98. The van der Waals surface area contributed by atoms with Gasteiger partial charge in [-0.25, -0.2) is 0 Å². The number of aliphatic carboxylic acids is 1. The predicted octanol–water partition coefficient (Wildman–Crippen LogP) is 3.41. The minimum atomic E-state index is -3.00. The molecule has 5 nitrogen and oxygen atoms in total. The van der Waals surface area contributed by atoms with Crippen molar-refractivity contribution in [3.05, 3.63) is 65.7 Å². The molecule has 0 fully saturated rings. The van der Waals surface area contributed by atoms with E-state index in [-0.39, 0.29) is 12.2 Å². The zero-order valence-electron chi connectivity index (χ0n) is 14.1. The average molecular weight is 363 g/mol. The Morgan fingerprint density at radius 2 is 1.69 bits per heavy atom. The maximum absolute atomic E-state index is 12.5. The number of nitrogens with one attached hydrogen (secondary N) is 1. The molecule has 0 aliphatic rings. The predicted molar refractivity (Wildman–Crippen MR) is 90.9 cm³/mol. The molecule has 0 bridgehead atoms. The first-order chi connectivity index (χ1) is 12.4. The van der Waals surface area contributed by atoms with Crippen molar-refractivity contribution >= 4 is 11.9 Å². The summed E-state index contributed by atoms with van der Waals surface area (Å²) in [5, 5.41) is 12.0. The third kappa shape index (κ3) is 5.27. The van der Waals surface area contributed by atoms with Gasteiger partial charge in [-0.2, -0.15) is 8.78 Å². The number of rotatable bonds is 8. The van der Waals surface area contributed by atoms with Gasteiger partial charge in [0.1, 0.15) is 5.75 Å². The van der Waals surface area contributed by atoms with Crippen LogP contribution in [0.15, 0.2) is 54.6 Å². The number of hydrogen-bond donors (Lipinski definition) is 2. The second-order valence-electron chi connectivity index (χ2n) is 5.75. The number of carbonyl (C=O) groups excluding carboxylic acids is 1. The summed E-state index contributed by atoms with van der Waals surface area (Å²) in [5.41, 5.74) is 0.938. The maximum Gasteiger partial charge on any atom is 0.387 e. The van der Waals surface area contributed by atoms with Crippen molar-refractivity contribution in [3.8, 4) is 5.75 Å². The van der Waals surface area contributed by atoms with Gasteiger partial charge < -0.3 is 15.2 Å². The van der Waals surface area contributed by atoms with Crippen LogP contribution in [0.2, 0.25) is 0 Å². The van der Waals surface area contributed by atoms with Crippen LogP contribution in [-0.2, 0) is 16.0 Å². The molecule has 0 saturated heterocycles. The van der Waals surface area contributed by atoms with Crippen molar-refractivity contribution in [1.82, 2.24) is 5.32 Å². The smallest absolute Gasteiger partial charge is 0.387 e. The van der Waals surface area contributed by atoms with Crippen molar-refractivity contribution in [2.45, 2.75) is 26.0 Å². The molecule has 138 valence electrons. The number of para-hydroxylation sites is 1. The van der Waals surface area contributed by atoms with Crippen molar-refractivity contribution < 1.29 is 28.2 Å². The maximum atomic E-state index is 12.5. The Labute approximate surface area is 149 Å². The molecular formula is C19H19F2NO4. The van der Waals surface area contributed by atoms with Crippen LogP contribution in [0.4, 0.5) is 8.78 Å². The van der Waals surface area contributed by atoms with Crippen LogP contribution < -0.4 is 10.1 Å². The first kappa shape index (κ1) is 19.4. The van der Waals surface area contributed by atoms with Crippen LogP contribution in [0.5, 0.6) is 5.75 Å². The van der Waals surface area contributed by atoms with E-state index < -0.39 is 30.4 Å². The lowest BCUT2D eigenvalue weighted by Gasteiger charge is -2.23. The van der Waals surface area contributed by atoms with E-state index in [0.29, 0.717) is 11.1 Å². The summed E-state index contributed by atoms with van der Waals surface area (Å²) in [6.45, 7) is -1.50. The molecule has 26 heavy (non-hydrogen) atoms. The van der Waals surface area contributed by atoms with E-state index in [4.69, 9.17) is 0 Å². The third-order valence-electron chi connectivity index (χ3n) is 3.90. The Morgan fingerprint density at radius 3 is 2.31 bits per heavy atom. The lowest BCUT2D eigenvalue weighted by molar-refractivity contribution is -0.142. The Balaban J connectivity index is 2.17. The number of alkyl halides is 2. The summed E-state index contributed by atoms with van der Waals surface area (Å²) in [6.07, 6.45) is -0.210. The van der Waals surface area contributed by atoms with E-state index in [1.165, 1.54) is 25.1 Å². The van der Waals surface area contributed by atoms with Gasteiger partial charge in [0.15, 0.2) is 0 Å². The lowest BCUT2D eigenvalue weighted by atomic mass is 9.94. The van der Waals surface area contributed by atoms with Gasteiger partial charge in [0.05, 0.1) is 18.4 Å². The highest BCUT2D eigenvalue weighted by Crippen LogP contribution is 2.24. The molecule has 0 aromatic heterocycles. The van der Waals surface area contributed by atoms with E-state index in [1.807, 2.05) is 0 Å². The highest BCUT2D eigenvalue weighted by molar-refractivity contribution is 5.81. The van der Waals surface area contributed by atoms with Crippen molar-refractivity contribution in [3.63, 3.8) is 0 Å². The fraction of sp³-hybridized carbons (Fsp3) is 0.263. The molecule has 2 atom stereocenters. The molecule has 0 spiro atoms. The molecule has 2 aromatic carbocycles. The van der Waals surface area contributed by atoms with Crippen molar-refractivity contribution in [1.29, 1.82) is 0 Å². The Kier molecular flexibility index (Phi) is 6.66. The summed E-state index contributed by atoms with van der Waals surface area (Å²) in [5.74, 6) is -2.49. The molecule has 0 aliphatic heterocycles. The molecule has 2 aromatic rings. The molecular weight excluding hydrogens is 344 g/mol. The van der Waals surface area contributed by atoms with Crippen LogP contribution in [0.3, 0.4) is 0 Å². The van der Waals surface area contributed by atoms with Gasteiger partial charge in [-0.1, -0.05) is 48.5 Å². The number of benzene rings is 2. The van der Waals surface area contributed by atoms with Crippen LogP contribution in [0, 0.1) is 5.92 Å². The van der Waals surface area contributed by atoms with Gasteiger partial charge in [0.25, 0.3) is 0 Å². The fourth-order valence-electron chi connectivity index (χ4n) is 2.56. The normalized spacial score (nSPS) is 13.1. The highest BCUT2D eigenvalue weighted by atomic mass is 19.3. The standard InChI is InChI=1S/C19H19F2NO4/c1-12(18(24)25)17(13-7-3-2-4-8-13)22-16(23)11-14-9-5-6-10-15(14)26-19(20)21/h2-10,12,17,19H,11H2,1H3,(H,22,23)(H,24,25).